The monoisotopic (exact) mass is 611 g/mol. The molecule has 9 nitrogen and oxygen atoms in total. The quantitative estimate of drug-likeness (QED) is 0.304. The molecule has 0 radical (unpaired) electrons. The summed E-state index contributed by atoms with van der Waals surface area (Å²) in [5, 5.41) is 8.56. The number of benzene rings is 2. The van der Waals surface area contributed by atoms with Gasteiger partial charge < -0.3 is 19.1 Å². The van der Waals surface area contributed by atoms with Crippen LogP contribution >= 0.6 is 0 Å². The van der Waals surface area contributed by atoms with Crippen molar-refractivity contribution in [3.8, 4) is 28.7 Å². The first-order valence-electron chi connectivity index (χ1n) is 16.5. The number of hydrogen-bond acceptors (Lipinski definition) is 7. The Morgan fingerprint density at radius 2 is 1.82 bits per heavy atom. The van der Waals surface area contributed by atoms with E-state index >= 15 is 0 Å². The van der Waals surface area contributed by atoms with E-state index in [2.05, 4.69) is 52.2 Å². The molecular weight excluding hydrogens is 566 g/mol. The predicted molar refractivity (Wildman–Crippen MR) is 173 cm³/mol. The van der Waals surface area contributed by atoms with Crippen molar-refractivity contribution < 1.29 is 19.0 Å². The second-order valence-electron chi connectivity index (χ2n) is 12.6. The van der Waals surface area contributed by atoms with E-state index in [-0.39, 0.29) is 36.7 Å². The van der Waals surface area contributed by atoms with Crippen molar-refractivity contribution in [1.82, 2.24) is 24.8 Å². The van der Waals surface area contributed by atoms with Gasteiger partial charge in [-0.3, -0.25) is 9.69 Å². The molecule has 0 aliphatic carbocycles. The largest absolute Gasteiger partial charge is 0.481 e. The summed E-state index contributed by atoms with van der Waals surface area (Å²) in [6.07, 6.45) is 7.30. The van der Waals surface area contributed by atoms with Crippen LogP contribution in [-0.4, -0.2) is 95.0 Å². The summed E-state index contributed by atoms with van der Waals surface area (Å²) in [6, 6.07) is 18.4. The number of nitrogens with zero attached hydrogens (tertiary/aromatic N) is 5. The highest BCUT2D eigenvalue weighted by Crippen LogP contribution is 2.31. The normalized spacial score (nSPS) is 23.3. The van der Waals surface area contributed by atoms with Gasteiger partial charge in [0.2, 0.25) is 5.91 Å². The van der Waals surface area contributed by atoms with Crippen molar-refractivity contribution in [2.75, 3.05) is 45.9 Å². The molecule has 0 saturated carbocycles. The lowest BCUT2D eigenvalue weighted by molar-refractivity contribution is -0.142. The van der Waals surface area contributed by atoms with Gasteiger partial charge in [-0.15, -0.1) is 5.10 Å². The first-order valence-corrected chi connectivity index (χ1v) is 16.5. The molecule has 4 heterocycles. The highest BCUT2D eigenvalue weighted by atomic mass is 16.5. The van der Waals surface area contributed by atoms with E-state index in [1.807, 2.05) is 59.1 Å². The van der Waals surface area contributed by atoms with E-state index in [1.54, 1.807) is 0 Å². The van der Waals surface area contributed by atoms with E-state index in [1.165, 1.54) is 6.42 Å². The second kappa shape index (κ2) is 15.0. The van der Waals surface area contributed by atoms with Crippen molar-refractivity contribution >= 4 is 5.91 Å². The van der Waals surface area contributed by atoms with Gasteiger partial charge in [-0.05, 0) is 68.2 Å². The smallest absolute Gasteiger partial charge is 0.228 e. The summed E-state index contributed by atoms with van der Waals surface area (Å²) < 4.78 is 19.9. The Morgan fingerprint density at radius 3 is 2.62 bits per heavy atom. The number of carbonyl (C=O) groups excluding carboxylic acids is 1. The summed E-state index contributed by atoms with van der Waals surface area (Å²) in [6.45, 7) is 9.70. The fraction of sp³-hybridized carbons (Fsp3) is 0.528. The molecule has 1 amide bonds. The molecule has 3 fully saturated rings. The predicted octanol–water partition coefficient (Wildman–Crippen LogP) is 4.83. The number of carbonyl (C=O) groups is 1. The molecule has 3 aromatic rings. The van der Waals surface area contributed by atoms with Crippen LogP contribution in [0.2, 0.25) is 0 Å². The average Bonchev–Trinajstić information content (AvgIpc) is 3.87. The van der Waals surface area contributed by atoms with E-state index < -0.39 is 0 Å². The average molecular weight is 612 g/mol. The maximum Gasteiger partial charge on any atom is 0.228 e. The SMILES string of the molecule is C[C@H](C[C@@H]1CC[C@H]([C@@H](C)C(=O)N2CCN(CC3CCCO3)CC2)O1)n1cc(C#CCOc2cccc(-c3ccccc3)c2)nn1. The van der Waals surface area contributed by atoms with Crippen molar-refractivity contribution in [1.29, 1.82) is 0 Å². The molecule has 0 N–H and O–H groups in total. The molecular formula is C36H45N5O4. The van der Waals surface area contributed by atoms with Crippen molar-refractivity contribution in [2.45, 2.75) is 70.3 Å². The minimum absolute atomic E-state index is 0.0369. The molecule has 3 saturated heterocycles. The summed E-state index contributed by atoms with van der Waals surface area (Å²) in [5.74, 6) is 6.98. The minimum Gasteiger partial charge on any atom is -0.481 e. The van der Waals surface area contributed by atoms with Gasteiger partial charge in [-0.25, -0.2) is 4.68 Å². The molecule has 0 spiro atoms. The Hall–Kier alpha value is -3.71. The molecule has 45 heavy (non-hydrogen) atoms. The zero-order chi connectivity index (χ0) is 31.0. The molecule has 3 aliphatic rings. The third-order valence-electron chi connectivity index (χ3n) is 9.29. The second-order valence-corrected chi connectivity index (χ2v) is 12.6. The Bertz CT molecular complexity index is 1450. The van der Waals surface area contributed by atoms with Gasteiger partial charge in [0.1, 0.15) is 12.4 Å². The molecule has 6 rings (SSSR count). The number of rotatable bonds is 10. The van der Waals surface area contributed by atoms with Gasteiger partial charge in [0.15, 0.2) is 5.69 Å². The van der Waals surface area contributed by atoms with E-state index in [0.717, 1.165) is 81.9 Å². The number of piperazine rings is 1. The molecule has 2 aromatic carbocycles. The number of hydrogen-bond donors (Lipinski definition) is 0. The highest BCUT2D eigenvalue weighted by molar-refractivity contribution is 5.79. The first-order chi connectivity index (χ1) is 22.0. The van der Waals surface area contributed by atoms with E-state index in [4.69, 9.17) is 14.2 Å². The van der Waals surface area contributed by atoms with Crippen molar-refractivity contribution in [3.05, 3.63) is 66.5 Å². The van der Waals surface area contributed by atoms with Gasteiger partial charge in [0.05, 0.1) is 36.5 Å². The van der Waals surface area contributed by atoms with Crippen LogP contribution in [0.5, 0.6) is 5.75 Å². The molecule has 3 aliphatic heterocycles. The first kappa shape index (κ1) is 31.3. The topological polar surface area (TPSA) is 82.0 Å². The van der Waals surface area contributed by atoms with Gasteiger partial charge in [-0.2, -0.15) is 0 Å². The fourth-order valence-electron chi connectivity index (χ4n) is 6.63. The van der Waals surface area contributed by atoms with Crippen LogP contribution < -0.4 is 4.74 Å². The fourth-order valence-corrected chi connectivity index (χ4v) is 6.63. The third kappa shape index (κ3) is 8.31. The maximum atomic E-state index is 13.3. The van der Waals surface area contributed by atoms with Crippen LogP contribution in [0.25, 0.3) is 11.1 Å². The molecule has 1 unspecified atom stereocenters. The zero-order valence-electron chi connectivity index (χ0n) is 26.5. The summed E-state index contributed by atoms with van der Waals surface area (Å²) in [7, 11) is 0. The lowest BCUT2D eigenvalue weighted by Gasteiger charge is -2.37. The summed E-state index contributed by atoms with van der Waals surface area (Å²) in [5.41, 5.74) is 2.87. The Morgan fingerprint density at radius 1 is 1.00 bits per heavy atom. The number of amides is 1. The van der Waals surface area contributed by atoms with Gasteiger partial charge in [0.25, 0.3) is 0 Å². The lowest BCUT2D eigenvalue weighted by atomic mass is 9.99. The Labute approximate surface area is 266 Å². The number of ether oxygens (including phenoxy) is 3. The lowest BCUT2D eigenvalue weighted by Crippen LogP contribution is -2.52. The van der Waals surface area contributed by atoms with Gasteiger partial charge >= 0.3 is 0 Å². The summed E-state index contributed by atoms with van der Waals surface area (Å²) >= 11 is 0. The van der Waals surface area contributed by atoms with Crippen molar-refractivity contribution in [2.24, 2.45) is 5.92 Å². The highest BCUT2D eigenvalue weighted by Gasteiger charge is 2.36. The number of aromatic nitrogens is 3. The van der Waals surface area contributed by atoms with Crippen LogP contribution in [0, 0.1) is 17.8 Å². The van der Waals surface area contributed by atoms with E-state index in [9.17, 15) is 4.79 Å². The third-order valence-corrected chi connectivity index (χ3v) is 9.29. The molecule has 238 valence electrons. The maximum absolute atomic E-state index is 13.3. The minimum atomic E-state index is -0.133. The Kier molecular flexibility index (Phi) is 10.5. The van der Waals surface area contributed by atoms with Crippen LogP contribution in [-0.2, 0) is 14.3 Å². The standard InChI is InChI=1S/C36H45N5O4/c1-27(41-25-31(37-38-41)12-7-21-43-32-13-6-11-30(24-32)29-9-4-3-5-10-29)23-33-15-16-35(45-33)28(2)36(42)40-19-17-39(18-20-40)26-34-14-8-22-44-34/h3-6,9-11,13,24-25,27-28,33-35H,8,14-23,26H2,1-2H3/t27-,28-,33+,34?,35-/m1/s1. The molecule has 0 bridgehead atoms. The molecule has 5 atom stereocenters. The van der Waals surface area contributed by atoms with Crippen LogP contribution in [0.1, 0.15) is 57.7 Å². The van der Waals surface area contributed by atoms with Gasteiger partial charge in [0, 0.05) is 39.3 Å². The van der Waals surface area contributed by atoms with Gasteiger partial charge in [-0.1, -0.05) is 60.5 Å². The molecule has 1 aromatic heterocycles. The van der Waals surface area contributed by atoms with Crippen molar-refractivity contribution in [3.63, 3.8) is 0 Å². The summed E-state index contributed by atoms with van der Waals surface area (Å²) in [4.78, 5) is 17.8. The van der Waals surface area contributed by atoms with Crippen LogP contribution in [0.4, 0.5) is 0 Å². The van der Waals surface area contributed by atoms with Crippen LogP contribution in [0.15, 0.2) is 60.8 Å². The molecule has 9 heteroatoms. The van der Waals surface area contributed by atoms with Crippen LogP contribution in [0.3, 0.4) is 0 Å². The zero-order valence-corrected chi connectivity index (χ0v) is 26.5. The Balaban J connectivity index is 0.923. The van der Waals surface area contributed by atoms with E-state index in [0.29, 0.717) is 11.8 Å².